The highest BCUT2D eigenvalue weighted by Gasteiger charge is 2.40. The maximum atomic E-state index is 5.91. The van der Waals surface area contributed by atoms with Crippen LogP contribution in [0.4, 0.5) is 0 Å². The average molecular weight is 643 g/mol. The Morgan fingerprint density at radius 2 is 0.692 bits per heavy atom. The van der Waals surface area contributed by atoms with E-state index in [0.717, 1.165) is 5.38 Å². The molecule has 0 aromatic rings. The molecule has 0 rings (SSSR count). The Morgan fingerprint density at radius 3 is 1.03 bits per heavy atom. The van der Waals surface area contributed by atoms with E-state index in [-0.39, 0.29) is 0 Å². The smallest absolute Gasteiger partial charge is 0.373 e. The van der Waals surface area contributed by atoms with Crippen LogP contribution in [-0.2, 0) is 13.3 Å². The second-order valence-electron chi connectivity index (χ2n) is 10.6. The van der Waals surface area contributed by atoms with Crippen molar-refractivity contribution in [3.63, 3.8) is 0 Å². The molecule has 0 bridgehead atoms. The quantitative estimate of drug-likeness (QED) is 0.0391. The highest BCUT2D eigenvalue weighted by Crippen LogP contribution is 2.44. The third kappa shape index (κ3) is 29.4. The zero-order chi connectivity index (χ0) is 28.5. The van der Waals surface area contributed by atoms with Gasteiger partial charge in [0, 0.05) is 25.6 Å². The Kier molecular flexibility index (Phi) is 35.3. The van der Waals surface area contributed by atoms with Crippen molar-refractivity contribution in [1.82, 2.24) is 0 Å². The minimum atomic E-state index is -2.50. The van der Waals surface area contributed by atoms with Crippen molar-refractivity contribution in [3.05, 3.63) is 0 Å². The van der Waals surface area contributed by atoms with Gasteiger partial charge in [0.05, 0.1) is 5.38 Å². The van der Waals surface area contributed by atoms with Gasteiger partial charge in [0.15, 0.2) is 0 Å². The van der Waals surface area contributed by atoms with E-state index >= 15 is 0 Å². The molecule has 8 heteroatoms. The first kappa shape index (κ1) is 40.5. The summed E-state index contributed by atoms with van der Waals surface area (Å²) in [5, 5.41) is 0.820. The van der Waals surface area contributed by atoms with Gasteiger partial charge in [-0.2, -0.15) is 0 Å². The zero-order valence-electron chi connectivity index (χ0n) is 26.4. The first-order valence-corrected chi connectivity index (χ1v) is 23.8. The summed E-state index contributed by atoms with van der Waals surface area (Å²) in [6.07, 6.45) is 31.9. The van der Waals surface area contributed by atoms with Crippen LogP contribution in [0.5, 0.6) is 0 Å². The van der Waals surface area contributed by atoms with Gasteiger partial charge in [-0.1, -0.05) is 163 Å². The molecule has 0 aliphatic rings. The molecular formula is C31H66O3S4Si. The predicted octanol–water partition coefficient (Wildman–Crippen LogP) is 12.9. The van der Waals surface area contributed by atoms with Gasteiger partial charge in [-0.05, 0) is 46.8 Å². The van der Waals surface area contributed by atoms with Gasteiger partial charge in [-0.25, -0.2) is 0 Å². The van der Waals surface area contributed by atoms with E-state index < -0.39 is 8.80 Å². The lowest BCUT2D eigenvalue weighted by atomic mass is 10.0. The Hall–Kier alpha value is 1.50. The normalized spacial score (nSPS) is 12.0. The summed E-state index contributed by atoms with van der Waals surface area (Å²) in [5.74, 6) is 1.25. The molecule has 0 radical (unpaired) electrons. The molecule has 0 N–H and O–H groups in total. The van der Waals surface area contributed by atoms with Crippen molar-refractivity contribution in [2.45, 2.75) is 169 Å². The Bertz CT molecular complexity index is 447. The fourth-order valence-electron chi connectivity index (χ4n) is 4.85. The van der Waals surface area contributed by atoms with E-state index in [1.807, 2.05) is 62.0 Å². The maximum Gasteiger partial charge on any atom is 0.512 e. The second kappa shape index (κ2) is 34.0. The van der Waals surface area contributed by atoms with Crippen molar-refractivity contribution in [1.29, 1.82) is 0 Å². The highest BCUT2D eigenvalue weighted by molar-refractivity contribution is 9.26. The molecule has 0 aliphatic carbocycles. The van der Waals surface area contributed by atoms with Gasteiger partial charge >= 0.3 is 8.80 Å². The Balaban J connectivity index is 3.27. The lowest BCUT2D eigenvalue weighted by molar-refractivity contribution is 0.0774. The lowest BCUT2D eigenvalue weighted by Crippen LogP contribution is -2.48. The van der Waals surface area contributed by atoms with Crippen molar-refractivity contribution in [3.8, 4) is 0 Å². The van der Waals surface area contributed by atoms with Crippen molar-refractivity contribution >= 4 is 50.0 Å². The van der Waals surface area contributed by atoms with Crippen LogP contribution in [0.25, 0.3) is 0 Å². The molecule has 236 valence electrons. The fourth-order valence-corrected chi connectivity index (χ4v) is 15.9. The van der Waals surface area contributed by atoms with Crippen LogP contribution in [0.2, 0.25) is 0 Å². The fraction of sp³-hybridized carbons (Fsp3) is 1.00. The zero-order valence-corrected chi connectivity index (χ0v) is 30.7. The van der Waals surface area contributed by atoms with Crippen LogP contribution >= 0.6 is 41.2 Å². The van der Waals surface area contributed by atoms with Gasteiger partial charge in [-0.3, -0.25) is 0 Å². The second-order valence-corrected chi connectivity index (χ2v) is 19.8. The topological polar surface area (TPSA) is 27.7 Å². The molecule has 0 aromatic carbocycles. The van der Waals surface area contributed by atoms with Gasteiger partial charge in [0.2, 0.25) is 0 Å². The summed E-state index contributed by atoms with van der Waals surface area (Å²) in [5.41, 5.74) is 0. The van der Waals surface area contributed by atoms with Gasteiger partial charge in [-0.15, -0.1) is 0 Å². The number of unbranched alkanes of at least 4 members (excludes halogenated alkanes) is 21. The lowest BCUT2D eigenvalue weighted by Gasteiger charge is -2.27. The molecule has 0 unspecified atom stereocenters. The average Bonchev–Trinajstić information content (AvgIpc) is 2.93. The minimum absolute atomic E-state index is 0.652. The van der Waals surface area contributed by atoms with Crippen LogP contribution in [0.15, 0.2) is 0 Å². The molecule has 0 aromatic heterocycles. The summed E-state index contributed by atoms with van der Waals surface area (Å²) < 4.78 is 17.7. The van der Waals surface area contributed by atoms with E-state index in [1.54, 1.807) is 0 Å². The van der Waals surface area contributed by atoms with Gasteiger partial charge in [0.25, 0.3) is 0 Å². The molecule has 0 atom stereocenters. The van der Waals surface area contributed by atoms with Crippen molar-refractivity contribution in [2.75, 3.05) is 30.9 Å². The maximum absolute atomic E-state index is 5.91. The monoisotopic (exact) mass is 642 g/mol. The summed E-state index contributed by atoms with van der Waals surface area (Å²) >= 11 is 0. The molecule has 0 saturated carbocycles. The Morgan fingerprint density at radius 1 is 0.385 bits per heavy atom. The van der Waals surface area contributed by atoms with Crippen LogP contribution in [0, 0.1) is 0 Å². The summed E-state index contributed by atoms with van der Waals surface area (Å²) in [6, 6.07) is 0. The van der Waals surface area contributed by atoms with Gasteiger partial charge in [0.1, 0.15) is 0 Å². The van der Waals surface area contributed by atoms with E-state index in [4.69, 9.17) is 13.3 Å². The summed E-state index contributed by atoms with van der Waals surface area (Å²) in [6.45, 7) is 10.3. The summed E-state index contributed by atoms with van der Waals surface area (Å²) in [7, 11) is 5.04. The predicted molar refractivity (Wildman–Crippen MR) is 188 cm³/mol. The number of hydrogen-bond donors (Lipinski definition) is 0. The van der Waals surface area contributed by atoms with Crippen LogP contribution in [0.3, 0.4) is 0 Å². The first-order valence-electron chi connectivity index (χ1n) is 16.7. The summed E-state index contributed by atoms with van der Waals surface area (Å²) in [4.78, 5) is 0. The van der Waals surface area contributed by atoms with E-state index in [0.29, 0.717) is 19.8 Å². The molecule has 0 spiro atoms. The Labute approximate surface area is 261 Å². The molecule has 3 nitrogen and oxygen atoms in total. The standard InChI is InChI=1S/C31H66O3S4Si/c1-5-9-10-11-12-13-14-15-16-17-18-19-20-21-22-23-24-25-26-27-28-29-30-35-37-38-36-31-39(32-6-2,33-7-3)34-8-4/h5-31H2,1-4H3. The van der Waals surface area contributed by atoms with Crippen LogP contribution in [-0.4, -0.2) is 39.8 Å². The molecule has 0 aliphatic heterocycles. The van der Waals surface area contributed by atoms with E-state index in [1.165, 1.54) is 147 Å². The van der Waals surface area contributed by atoms with Crippen LogP contribution in [0.1, 0.15) is 169 Å². The van der Waals surface area contributed by atoms with E-state index in [9.17, 15) is 0 Å². The van der Waals surface area contributed by atoms with Crippen LogP contribution < -0.4 is 0 Å². The molecule has 0 saturated heterocycles. The number of rotatable bonds is 34. The molecule has 0 heterocycles. The number of hydrogen-bond acceptors (Lipinski definition) is 7. The minimum Gasteiger partial charge on any atom is -0.373 e. The molecule has 0 fully saturated rings. The van der Waals surface area contributed by atoms with Crippen molar-refractivity contribution in [2.24, 2.45) is 0 Å². The molecular weight excluding hydrogens is 577 g/mol. The highest BCUT2D eigenvalue weighted by atomic mass is 33.7. The molecule has 39 heavy (non-hydrogen) atoms. The van der Waals surface area contributed by atoms with Crippen molar-refractivity contribution < 1.29 is 13.3 Å². The van der Waals surface area contributed by atoms with E-state index in [2.05, 4.69) is 6.92 Å². The third-order valence-electron chi connectivity index (χ3n) is 7.03. The van der Waals surface area contributed by atoms with Gasteiger partial charge < -0.3 is 13.3 Å². The third-order valence-corrected chi connectivity index (χ3v) is 17.8. The largest absolute Gasteiger partial charge is 0.512 e. The SMILES string of the molecule is CCCCCCCCCCCCCCCCCCCCCCCCSSSSC[Si](OCC)(OCC)OCC. The first-order chi connectivity index (χ1) is 19.2. The molecule has 0 amide bonds.